The average molecular weight is 487 g/mol. The highest BCUT2D eigenvalue weighted by atomic mass is 79.9. The molecule has 0 unspecified atom stereocenters. The smallest absolute Gasteiger partial charge is 0.282 e. The number of benzene rings is 2. The number of amides is 1. The van der Waals surface area contributed by atoms with Crippen molar-refractivity contribution in [2.75, 3.05) is 16.9 Å². The lowest BCUT2D eigenvalue weighted by Gasteiger charge is -2.08. The van der Waals surface area contributed by atoms with Crippen LogP contribution in [0.5, 0.6) is 0 Å². The molecule has 0 saturated carbocycles. The Morgan fingerprint density at radius 1 is 1.17 bits per heavy atom. The normalized spacial score (nSPS) is 10.9. The summed E-state index contributed by atoms with van der Waals surface area (Å²) in [6.07, 6.45) is 0. The first kappa shape index (κ1) is 19.7. The van der Waals surface area contributed by atoms with Crippen LogP contribution in [0.3, 0.4) is 0 Å². The second kappa shape index (κ2) is 8.40. The number of nitrogens with two attached hydrogens (primary N) is 1. The molecule has 1 amide bonds. The Hall–Kier alpha value is -2.62. The molecule has 0 aliphatic carbocycles. The topological polar surface area (TPSA) is 90.0 Å². The van der Waals surface area contributed by atoms with Crippen LogP contribution in [-0.2, 0) is 4.79 Å². The van der Waals surface area contributed by atoms with Crippen LogP contribution in [0.4, 0.5) is 5.69 Å². The fourth-order valence-corrected chi connectivity index (χ4v) is 4.75. The molecule has 2 aromatic carbocycles. The molecule has 0 aliphatic rings. The lowest BCUT2D eigenvalue weighted by molar-refractivity contribution is -0.113. The number of rotatable bonds is 5. The zero-order chi connectivity index (χ0) is 20.4. The quantitative estimate of drug-likeness (QED) is 0.249. The Balaban J connectivity index is 1.56. The van der Waals surface area contributed by atoms with Crippen molar-refractivity contribution in [2.24, 2.45) is 0 Å². The molecular weight excluding hydrogens is 472 g/mol. The van der Waals surface area contributed by atoms with Crippen LogP contribution in [0.2, 0.25) is 0 Å². The molecule has 4 aromatic rings. The van der Waals surface area contributed by atoms with E-state index in [9.17, 15) is 9.59 Å². The predicted octanol–water partition coefficient (Wildman–Crippen LogP) is 4.33. The van der Waals surface area contributed by atoms with Crippen molar-refractivity contribution in [3.8, 4) is 11.1 Å². The molecule has 0 atom stereocenters. The van der Waals surface area contributed by atoms with Crippen molar-refractivity contribution in [1.29, 1.82) is 0 Å². The van der Waals surface area contributed by atoms with Crippen molar-refractivity contribution in [1.82, 2.24) is 9.66 Å². The number of fused-ring (bicyclic) bond motifs is 1. The van der Waals surface area contributed by atoms with Crippen LogP contribution in [0, 0.1) is 0 Å². The highest BCUT2D eigenvalue weighted by Gasteiger charge is 2.17. The summed E-state index contributed by atoms with van der Waals surface area (Å²) < 4.78 is 1.94. The predicted molar refractivity (Wildman–Crippen MR) is 123 cm³/mol. The van der Waals surface area contributed by atoms with Crippen molar-refractivity contribution in [3.05, 3.63) is 74.8 Å². The fourth-order valence-electron chi connectivity index (χ4n) is 2.78. The van der Waals surface area contributed by atoms with E-state index >= 15 is 0 Å². The summed E-state index contributed by atoms with van der Waals surface area (Å²) in [6, 6.07) is 16.9. The van der Waals surface area contributed by atoms with Crippen LogP contribution in [0.15, 0.2) is 74.4 Å². The van der Waals surface area contributed by atoms with Gasteiger partial charge in [-0.2, -0.15) is 0 Å². The number of hydrogen-bond acceptors (Lipinski definition) is 6. The SMILES string of the molecule is Nn1c(SCC(=O)Nc2ccc(Br)cc2)nc2scc(-c3ccccc3)c2c1=O. The van der Waals surface area contributed by atoms with E-state index in [0.717, 1.165) is 32.0 Å². The van der Waals surface area contributed by atoms with Crippen LogP contribution in [-0.4, -0.2) is 21.3 Å². The van der Waals surface area contributed by atoms with E-state index in [-0.39, 0.29) is 17.2 Å². The van der Waals surface area contributed by atoms with Gasteiger partial charge in [-0.15, -0.1) is 11.3 Å². The first-order valence-corrected chi connectivity index (χ1v) is 11.2. The molecule has 6 nitrogen and oxygen atoms in total. The number of hydrogen-bond donors (Lipinski definition) is 2. The highest BCUT2D eigenvalue weighted by Crippen LogP contribution is 2.31. The zero-order valence-electron chi connectivity index (χ0n) is 15.0. The Morgan fingerprint density at radius 3 is 2.62 bits per heavy atom. The third kappa shape index (κ3) is 4.21. The van der Waals surface area contributed by atoms with Gasteiger partial charge in [0, 0.05) is 21.1 Å². The molecule has 0 aliphatic heterocycles. The van der Waals surface area contributed by atoms with Gasteiger partial charge in [0.25, 0.3) is 5.56 Å². The average Bonchev–Trinajstić information content (AvgIpc) is 3.16. The summed E-state index contributed by atoms with van der Waals surface area (Å²) in [5, 5.41) is 5.50. The molecule has 0 fully saturated rings. The molecule has 0 bridgehead atoms. The number of carbonyl (C=O) groups excluding carboxylic acids is 1. The van der Waals surface area contributed by atoms with Gasteiger partial charge in [-0.3, -0.25) is 9.59 Å². The monoisotopic (exact) mass is 486 g/mol. The molecule has 4 rings (SSSR count). The lowest BCUT2D eigenvalue weighted by atomic mass is 10.1. The molecule has 3 N–H and O–H groups in total. The third-order valence-corrected chi connectivity index (χ3v) is 6.51. The number of nitrogen functional groups attached to an aromatic ring is 1. The highest BCUT2D eigenvalue weighted by molar-refractivity contribution is 9.10. The van der Waals surface area contributed by atoms with Gasteiger partial charge in [-0.25, -0.2) is 9.66 Å². The van der Waals surface area contributed by atoms with Gasteiger partial charge >= 0.3 is 0 Å². The summed E-state index contributed by atoms with van der Waals surface area (Å²) >= 11 is 5.86. The second-order valence-corrected chi connectivity index (χ2v) is 8.83. The van der Waals surface area contributed by atoms with Crippen LogP contribution >= 0.6 is 39.0 Å². The molecule has 29 heavy (non-hydrogen) atoms. The van der Waals surface area contributed by atoms with E-state index in [4.69, 9.17) is 5.84 Å². The van der Waals surface area contributed by atoms with E-state index in [0.29, 0.717) is 21.1 Å². The molecule has 2 heterocycles. The van der Waals surface area contributed by atoms with E-state index in [1.807, 2.05) is 47.8 Å². The van der Waals surface area contributed by atoms with E-state index in [1.54, 1.807) is 12.1 Å². The minimum atomic E-state index is -0.328. The van der Waals surface area contributed by atoms with Gasteiger partial charge in [0.05, 0.1) is 11.1 Å². The first-order chi connectivity index (χ1) is 14.0. The summed E-state index contributed by atoms with van der Waals surface area (Å²) in [6.45, 7) is 0. The standard InChI is InChI=1S/C20H15BrN4O2S2/c21-13-6-8-14(9-7-13)23-16(26)11-29-20-24-18-17(19(27)25(20)22)15(10-28-18)12-4-2-1-3-5-12/h1-10H,11,22H2,(H,23,26). The number of nitrogens with one attached hydrogen (secondary N) is 1. The maximum absolute atomic E-state index is 12.9. The third-order valence-electron chi connectivity index (χ3n) is 4.15. The summed E-state index contributed by atoms with van der Waals surface area (Å²) in [4.78, 5) is 30.2. The molecule has 0 saturated heterocycles. The van der Waals surface area contributed by atoms with Crippen molar-refractivity contribution < 1.29 is 4.79 Å². The lowest BCUT2D eigenvalue weighted by Crippen LogP contribution is -2.30. The Labute approximate surface area is 182 Å². The van der Waals surface area contributed by atoms with Crippen LogP contribution in [0.1, 0.15) is 0 Å². The zero-order valence-corrected chi connectivity index (χ0v) is 18.2. The molecule has 9 heteroatoms. The van der Waals surface area contributed by atoms with Crippen molar-refractivity contribution in [3.63, 3.8) is 0 Å². The van der Waals surface area contributed by atoms with E-state index in [2.05, 4.69) is 26.2 Å². The largest absolute Gasteiger partial charge is 0.334 e. The van der Waals surface area contributed by atoms with Crippen molar-refractivity contribution >= 4 is 60.8 Å². The maximum Gasteiger partial charge on any atom is 0.282 e. The first-order valence-electron chi connectivity index (χ1n) is 8.56. The molecule has 146 valence electrons. The Morgan fingerprint density at radius 2 is 1.90 bits per heavy atom. The van der Waals surface area contributed by atoms with Gasteiger partial charge < -0.3 is 11.2 Å². The minimum absolute atomic E-state index is 0.0854. The van der Waals surface area contributed by atoms with Crippen molar-refractivity contribution in [2.45, 2.75) is 5.16 Å². The van der Waals surface area contributed by atoms with Gasteiger partial charge in [-0.1, -0.05) is 58.0 Å². The van der Waals surface area contributed by atoms with Gasteiger partial charge in [0.15, 0.2) is 5.16 Å². The number of nitrogens with zero attached hydrogens (tertiary/aromatic N) is 2. The van der Waals surface area contributed by atoms with Crippen LogP contribution < -0.4 is 16.7 Å². The van der Waals surface area contributed by atoms with Gasteiger partial charge in [0.1, 0.15) is 4.83 Å². The molecular formula is C20H15BrN4O2S2. The number of thiophene rings is 1. The number of aromatic nitrogens is 2. The maximum atomic E-state index is 12.9. The molecule has 0 radical (unpaired) electrons. The summed E-state index contributed by atoms with van der Waals surface area (Å²) in [5.74, 6) is 5.88. The number of anilines is 1. The van der Waals surface area contributed by atoms with E-state index in [1.165, 1.54) is 11.3 Å². The van der Waals surface area contributed by atoms with Gasteiger partial charge in [-0.05, 0) is 29.8 Å². The number of carbonyl (C=O) groups is 1. The second-order valence-electron chi connectivity index (χ2n) is 6.11. The van der Waals surface area contributed by atoms with Gasteiger partial charge in [0.2, 0.25) is 5.91 Å². The Bertz CT molecular complexity index is 1240. The number of halogens is 1. The molecule has 2 aromatic heterocycles. The van der Waals surface area contributed by atoms with Crippen LogP contribution in [0.25, 0.3) is 21.3 Å². The Kier molecular flexibility index (Phi) is 5.70. The number of thioether (sulfide) groups is 1. The molecule has 0 spiro atoms. The minimum Gasteiger partial charge on any atom is -0.334 e. The van der Waals surface area contributed by atoms with E-state index < -0.39 is 0 Å². The summed E-state index contributed by atoms with van der Waals surface area (Å²) in [5.41, 5.74) is 2.11. The summed E-state index contributed by atoms with van der Waals surface area (Å²) in [7, 11) is 0. The fraction of sp³-hybridized carbons (Fsp3) is 0.0500.